The lowest BCUT2D eigenvalue weighted by Gasteiger charge is -2.32. The Morgan fingerprint density at radius 3 is 2.59 bits per heavy atom. The molecule has 8 heteroatoms. The lowest BCUT2D eigenvalue weighted by atomic mass is 9.75. The smallest absolute Gasteiger partial charge is 0.169 e. The SMILES string of the molecule is C[C@@H]1C[C@H](N)C[C@H](c2ccncc2CC(=O)c2ccc(F)c3cc(N(C)c4ccncc4F)cnc23)C1. The van der Waals surface area contributed by atoms with Crippen molar-refractivity contribution < 1.29 is 13.6 Å². The number of ketones is 1. The average molecular weight is 502 g/mol. The molecule has 1 aliphatic carbocycles. The van der Waals surface area contributed by atoms with E-state index in [9.17, 15) is 13.6 Å². The Kier molecular flexibility index (Phi) is 6.93. The molecule has 4 aromatic rings. The summed E-state index contributed by atoms with van der Waals surface area (Å²) < 4.78 is 29.1. The van der Waals surface area contributed by atoms with Crippen LogP contribution in [0.2, 0.25) is 0 Å². The molecule has 3 heterocycles. The fourth-order valence-corrected chi connectivity index (χ4v) is 5.53. The molecule has 0 unspecified atom stereocenters. The molecule has 0 radical (unpaired) electrons. The largest absolute Gasteiger partial charge is 0.341 e. The van der Waals surface area contributed by atoms with Gasteiger partial charge in [0, 0.05) is 49.1 Å². The van der Waals surface area contributed by atoms with Crippen LogP contribution in [-0.4, -0.2) is 33.8 Å². The van der Waals surface area contributed by atoms with E-state index >= 15 is 0 Å². The second-order valence-electron chi connectivity index (χ2n) is 10.0. The maximum absolute atomic E-state index is 14.9. The lowest BCUT2D eigenvalue weighted by molar-refractivity contribution is 0.0994. The molecule has 2 N–H and O–H groups in total. The molecular formula is C29H29F2N5O. The number of Topliss-reactive ketones (excluding diaryl/α,β-unsaturated/α-hetero) is 1. The van der Waals surface area contributed by atoms with Gasteiger partial charge in [-0.2, -0.15) is 0 Å². The summed E-state index contributed by atoms with van der Waals surface area (Å²) in [6, 6.07) is 7.99. The molecule has 0 saturated heterocycles. The Morgan fingerprint density at radius 1 is 1.03 bits per heavy atom. The Bertz CT molecular complexity index is 1450. The van der Waals surface area contributed by atoms with Gasteiger partial charge in [0.2, 0.25) is 0 Å². The number of halogens is 2. The van der Waals surface area contributed by atoms with Crippen molar-refractivity contribution in [2.75, 3.05) is 11.9 Å². The molecule has 0 bridgehead atoms. The van der Waals surface area contributed by atoms with Crippen molar-refractivity contribution in [3.05, 3.63) is 89.6 Å². The van der Waals surface area contributed by atoms with Crippen LogP contribution in [0.5, 0.6) is 0 Å². The molecule has 3 atom stereocenters. The third kappa shape index (κ3) is 5.06. The van der Waals surface area contributed by atoms with E-state index in [4.69, 9.17) is 5.73 Å². The number of hydrogen-bond acceptors (Lipinski definition) is 6. The molecule has 37 heavy (non-hydrogen) atoms. The van der Waals surface area contributed by atoms with Crippen LogP contribution in [0.3, 0.4) is 0 Å². The Hall–Kier alpha value is -3.78. The van der Waals surface area contributed by atoms with Gasteiger partial charge in [0.25, 0.3) is 0 Å². The van der Waals surface area contributed by atoms with E-state index in [0.29, 0.717) is 17.2 Å². The molecule has 6 nitrogen and oxygen atoms in total. The van der Waals surface area contributed by atoms with E-state index in [1.165, 1.54) is 30.6 Å². The zero-order valence-corrected chi connectivity index (χ0v) is 20.9. The number of aromatic nitrogens is 3. The summed E-state index contributed by atoms with van der Waals surface area (Å²) in [5.74, 6) is -0.379. The number of anilines is 2. The predicted molar refractivity (Wildman–Crippen MR) is 140 cm³/mol. The summed E-state index contributed by atoms with van der Waals surface area (Å²) >= 11 is 0. The maximum Gasteiger partial charge on any atom is 0.169 e. The highest BCUT2D eigenvalue weighted by molar-refractivity contribution is 6.08. The quantitative estimate of drug-likeness (QED) is 0.340. The molecular weight excluding hydrogens is 472 g/mol. The van der Waals surface area contributed by atoms with Crippen molar-refractivity contribution in [1.29, 1.82) is 0 Å². The van der Waals surface area contributed by atoms with Crippen LogP contribution in [0.4, 0.5) is 20.2 Å². The number of carbonyl (C=O) groups excluding carboxylic acids is 1. The van der Waals surface area contributed by atoms with Gasteiger partial charge in [0.05, 0.1) is 29.3 Å². The predicted octanol–water partition coefficient (Wildman–Crippen LogP) is 5.73. The summed E-state index contributed by atoms with van der Waals surface area (Å²) in [6.07, 6.45) is 10.7. The summed E-state index contributed by atoms with van der Waals surface area (Å²) in [6.45, 7) is 2.21. The molecule has 190 valence electrons. The molecule has 0 spiro atoms. The Morgan fingerprint density at radius 2 is 1.81 bits per heavy atom. The number of nitrogens with zero attached hydrogens (tertiary/aromatic N) is 4. The van der Waals surface area contributed by atoms with Gasteiger partial charge >= 0.3 is 0 Å². The highest BCUT2D eigenvalue weighted by Gasteiger charge is 2.28. The van der Waals surface area contributed by atoms with E-state index in [1.807, 2.05) is 6.07 Å². The van der Waals surface area contributed by atoms with Gasteiger partial charge in [-0.3, -0.25) is 19.7 Å². The molecule has 1 aromatic carbocycles. The van der Waals surface area contributed by atoms with Gasteiger partial charge in [0.15, 0.2) is 11.6 Å². The van der Waals surface area contributed by atoms with E-state index in [1.54, 1.807) is 30.4 Å². The topological polar surface area (TPSA) is 85.0 Å². The van der Waals surface area contributed by atoms with E-state index in [-0.39, 0.29) is 40.8 Å². The van der Waals surface area contributed by atoms with E-state index < -0.39 is 11.6 Å². The van der Waals surface area contributed by atoms with E-state index in [2.05, 4.69) is 21.9 Å². The summed E-state index contributed by atoms with van der Waals surface area (Å²) in [5.41, 5.74) is 9.64. The highest BCUT2D eigenvalue weighted by atomic mass is 19.1. The normalized spacial score (nSPS) is 19.6. The van der Waals surface area contributed by atoms with Crippen molar-refractivity contribution in [1.82, 2.24) is 15.0 Å². The molecule has 0 amide bonds. The van der Waals surface area contributed by atoms with Crippen molar-refractivity contribution in [2.24, 2.45) is 11.7 Å². The zero-order chi connectivity index (χ0) is 26.1. The fourth-order valence-electron chi connectivity index (χ4n) is 5.53. The summed E-state index contributed by atoms with van der Waals surface area (Å²) in [5, 5.41) is 0.197. The van der Waals surface area contributed by atoms with Crippen molar-refractivity contribution >= 4 is 28.1 Å². The van der Waals surface area contributed by atoms with Gasteiger partial charge < -0.3 is 10.6 Å². The van der Waals surface area contributed by atoms with Gasteiger partial charge in [-0.1, -0.05) is 6.92 Å². The first kappa shape index (κ1) is 24.9. The first-order chi connectivity index (χ1) is 17.8. The van der Waals surface area contributed by atoms with Crippen LogP contribution in [0, 0.1) is 17.6 Å². The van der Waals surface area contributed by atoms with Crippen LogP contribution in [0.25, 0.3) is 10.9 Å². The Balaban J connectivity index is 1.46. The minimum atomic E-state index is -0.505. The monoisotopic (exact) mass is 501 g/mol. The third-order valence-electron chi connectivity index (χ3n) is 7.29. The minimum Gasteiger partial charge on any atom is -0.341 e. The first-order valence-corrected chi connectivity index (χ1v) is 12.4. The number of hydrogen-bond donors (Lipinski definition) is 1. The fraction of sp³-hybridized carbons (Fsp3) is 0.310. The molecule has 0 aliphatic heterocycles. The standard InChI is InChI=1S/C29H29F2N5O/c1-17-9-18(11-20(32)10-17)22-5-7-33-14-19(22)12-28(37)23-3-4-25(30)24-13-21(15-35-29(23)24)36(2)27-6-8-34-16-26(27)31/h3-8,13-18,20H,9-12,32H2,1-2H3/t17-,18+,20-/m0/s1. The highest BCUT2D eigenvalue weighted by Crippen LogP contribution is 2.37. The number of pyridine rings is 3. The Labute approximate surface area is 214 Å². The average Bonchev–Trinajstić information content (AvgIpc) is 2.88. The van der Waals surface area contributed by atoms with Gasteiger partial charge in [-0.15, -0.1) is 0 Å². The van der Waals surface area contributed by atoms with Crippen LogP contribution < -0.4 is 10.6 Å². The molecule has 3 aromatic heterocycles. The first-order valence-electron chi connectivity index (χ1n) is 12.4. The van der Waals surface area contributed by atoms with Crippen LogP contribution >= 0.6 is 0 Å². The molecule has 5 rings (SSSR count). The number of fused-ring (bicyclic) bond motifs is 1. The van der Waals surface area contributed by atoms with Gasteiger partial charge in [-0.05, 0) is 72.6 Å². The van der Waals surface area contributed by atoms with Crippen LogP contribution in [-0.2, 0) is 6.42 Å². The second-order valence-corrected chi connectivity index (χ2v) is 10.0. The minimum absolute atomic E-state index is 0.135. The van der Waals surface area contributed by atoms with Gasteiger partial charge in [0.1, 0.15) is 5.82 Å². The number of carbonyl (C=O) groups is 1. The maximum atomic E-state index is 14.9. The van der Waals surface area contributed by atoms with Gasteiger partial charge in [-0.25, -0.2) is 8.78 Å². The van der Waals surface area contributed by atoms with Crippen molar-refractivity contribution in [3.8, 4) is 0 Å². The summed E-state index contributed by atoms with van der Waals surface area (Å²) in [4.78, 5) is 27.5. The lowest BCUT2D eigenvalue weighted by Crippen LogP contribution is -2.31. The molecule has 1 saturated carbocycles. The number of benzene rings is 1. The van der Waals surface area contributed by atoms with Crippen LogP contribution in [0.15, 0.2) is 61.3 Å². The molecule has 1 aliphatic rings. The number of rotatable bonds is 6. The summed E-state index contributed by atoms with van der Waals surface area (Å²) in [7, 11) is 1.66. The van der Waals surface area contributed by atoms with Crippen molar-refractivity contribution in [2.45, 2.75) is 44.6 Å². The van der Waals surface area contributed by atoms with Crippen molar-refractivity contribution in [3.63, 3.8) is 0 Å². The van der Waals surface area contributed by atoms with Crippen LogP contribution in [0.1, 0.15) is 53.6 Å². The zero-order valence-electron chi connectivity index (χ0n) is 20.9. The number of nitrogens with two attached hydrogens (primary N) is 1. The van der Waals surface area contributed by atoms with E-state index in [0.717, 1.165) is 36.6 Å². The molecule has 1 fully saturated rings. The third-order valence-corrected chi connectivity index (χ3v) is 7.29. The second kappa shape index (κ2) is 10.3.